The molecule has 1 aromatic carbocycles. The van der Waals surface area contributed by atoms with Gasteiger partial charge in [0, 0.05) is 44.1 Å². The van der Waals surface area contributed by atoms with Crippen LogP contribution >= 0.6 is 23.2 Å². The van der Waals surface area contributed by atoms with Crippen molar-refractivity contribution < 1.29 is 4.79 Å². The van der Waals surface area contributed by atoms with Crippen LogP contribution in [0.2, 0.25) is 10.0 Å². The average molecular weight is 540 g/mol. The number of carbonyl (C=O) groups is 1. The Labute approximate surface area is 227 Å². The van der Waals surface area contributed by atoms with Gasteiger partial charge >= 0.3 is 0 Å². The molecule has 8 nitrogen and oxygen atoms in total. The predicted octanol–water partition coefficient (Wildman–Crippen LogP) is 4.90. The maximum absolute atomic E-state index is 13.2. The summed E-state index contributed by atoms with van der Waals surface area (Å²) in [7, 11) is 2.16. The highest BCUT2D eigenvalue weighted by atomic mass is 35.5. The van der Waals surface area contributed by atoms with Crippen LogP contribution in [0.15, 0.2) is 42.7 Å². The van der Waals surface area contributed by atoms with Gasteiger partial charge < -0.3 is 20.9 Å². The molecule has 2 fully saturated rings. The monoisotopic (exact) mass is 539 g/mol. The standard InChI is InChI=1S/C27H31Cl2N7O/c1-36-12-11-30-15-19(36)13-17-9-10-23(31-14-17)26-32-16-20(25(35-26)33-18-5-2-3-6-18)27(37)34-22-8-4-7-21(28)24(22)29/h4,7-10,14,16,18-19,30H,2-3,5-6,11-13,15H2,1H3,(H,34,37)(H,32,33,35). The Morgan fingerprint density at radius 3 is 2.73 bits per heavy atom. The molecule has 2 aromatic heterocycles. The highest BCUT2D eigenvalue weighted by molar-refractivity contribution is 6.44. The van der Waals surface area contributed by atoms with Crippen LogP contribution in [0.3, 0.4) is 0 Å². The van der Waals surface area contributed by atoms with Gasteiger partial charge in [-0.3, -0.25) is 9.78 Å². The van der Waals surface area contributed by atoms with Crippen molar-refractivity contribution in [3.05, 3.63) is 63.9 Å². The van der Waals surface area contributed by atoms with Crippen molar-refractivity contribution >= 4 is 40.6 Å². The first-order valence-electron chi connectivity index (χ1n) is 12.7. The van der Waals surface area contributed by atoms with E-state index < -0.39 is 0 Å². The van der Waals surface area contributed by atoms with Gasteiger partial charge in [-0.1, -0.05) is 48.2 Å². The van der Waals surface area contributed by atoms with Crippen LogP contribution in [0, 0.1) is 0 Å². The lowest BCUT2D eigenvalue weighted by Gasteiger charge is -2.33. The largest absolute Gasteiger partial charge is 0.367 e. The zero-order valence-electron chi connectivity index (χ0n) is 20.8. The van der Waals surface area contributed by atoms with Gasteiger partial charge in [0.1, 0.15) is 17.1 Å². The molecule has 10 heteroatoms. The summed E-state index contributed by atoms with van der Waals surface area (Å²) >= 11 is 12.4. The lowest BCUT2D eigenvalue weighted by Crippen LogP contribution is -2.50. The van der Waals surface area contributed by atoms with Crippen molar-refractivity contribution in [3.8, 4) is 11.5 Å². The van der Waals surface area contributed by atoms with Crippen LogP contribution in [0.25, 0.3) is 11.5 Å². The first-order valence-corrected chi connectivity index (χ1v) is 13.5. The number of pyridine rings is 1. The molecule has 1 saturated carbocycles. The van der Waals surface area contributed by atoms with Gasteiger partial charge in [-0.25, -0.2) is 9.97 Å². The van der Waals surface area contributed by atoms with E-state index in [0.29, 0.717) is 44.7 Å². The summed E-state index contributed by atoms with van der Waals surface area (Å²) in [5, 5.41) is 10.4. The minimum absolute atomic E-state index is 0.264. The first-order chi connectivity index (χ1) is 18.0. The quantitative estimate of drug-likeness (QED) is 0.393. The fraction of sp³-hybridized carbons (Fsp3) is 0.407. The number of likely N-dealkylation sites (N-methyl/N-ethyl adjacent to an activating group) is 1. The van der Waals surface area contributed by atoms with Crippen molar-refractivity contribution in [1.82, 2.24) is 25.2 Å². The minimum atomic E-state index is -0.357. The number of hydrogen-bond acceptors (Lipinski definition) is 7. The molecule has 1 amide bonds. The molecule has 3 N–H and O–H groups in total. The van der Waals surface area contributed by atoms with Gasteiger partial charge in [-0.15, -0.1) is 0 Å². The van der Waals surface area contributed by atoms with E-state index in [2.05, 4.69) is 43.9 Å². The Hall–Kier alpha value is -2.78. The lowest BCUT2D eigenvalue weighted by molar-refractivity contribution is 0.102. The van der Waals surface area contributed by atoms with E-state index in [4.69, 9.17) is 28.2 Å². The van der Waals surface area contributed by atoms with E-state index in [0.717, 1.165) is 51.7 Å². The lowest BCUT2D eigenvalue weighted by atomic mass is 10.0. The highest BCUT2D eigenvalue weighted by Crippen LogP contribution is 2.31. The zero-order chi connectivity index (χ0) is 25.8. The molecule has 1 saturated heterocycles. The second-order valence-corrected chi connectivity index (χ2v) is 10.5. The van der Waals surface area contributed by atoms with Crippen molar-refractivity contribution in [2.24, 2.45) is 0 Å². The molecule has 0 radical (unpaired) electrons. The molecular weight excluding hydrogens is 509 g/mol. The molecule has 0 spiro atoms. The summed E-state index contributed by atoms with van der Waals surface area (Å²) < 4.78 is 0. The Balaban J connectivity index is 1.38. The van der Waals surface area contributed by atoms with Crippen molar-refractivity contribution in [2.45, 2.75) is 44.2 Å². The van der Waals surface area contributed by atoms with E-state index in [1.807, 2.05) is 12.3 Å². The van der Waals surface area contributed by atoms with Crippen molar-refractivity contribution in [2.75, 3.05) is 37.3 Å². The average Bonchev–Trinajstić information content (AvgIpc) is 3.42. The molecule has 1 unspecified atom stereocenters. The second-order valence-electron chi connectivity index (χ2n) is 9.73. The molecule has 3 aromatic rings. The SMILES string of the molecule is CN1CCNCC1Cc1ccc(-c2ncc(C(=O)Nc3cccc(Cl)c3Cl)c(NC3CCCC3)n2)nc1. The van der Waals surface area contributed by atoms with E-state index in [-0.39, 0.29) is 11.9 Å². The topological polar surface area (TPSA) is 95.1 Å². The third kappa shape index (κ3) is 6.21. The highest BCUT2D eigenvalue weighted by Gasteiger charge is 2.23. The number of carbonyl (C=O) groups excluding carboxylic acids is 1. The number of hydrogen-bond donors (Lipinski definition) is 3. The van der Waals surface area contributed by atoms with Gasteiger partial charge in [-0.05, 0) is 50.1 Å². The van der Waals surface area contributed by atoms with Crippen LogP contribution in [0.5, 0.6) is 0 Å². The van der Waals surface area contributed by atoms with Crippen molar-refractivity contribution in [1.29, 1.82) is 0 Å². The summed E-state index contributed by atoms with van der Waals surface area (Å²) in [6, 6.07) is 9.86. The van der Waals surface area contributed by atoms with Crippen LogP contribution in [-0.2, 0) is 6.42 Å². The molecule has 3 heterocycles. The van der Waals surface area contributed by atoms with Gasteiger partial charge in [-0.2, -0.15) is 0 Å². The van der Waals surface area contributed by atoms with Gasteiger partial charge in [0.2, 0.25) is 0 Å². The fourth-order valence-electron chi connectivity index (χ4n) is 4.88. The predicted molar refractivity (Wildman–Crippen MR) is 149 cm³/mol. The van der Waals surface area contributed by atoms with E-state index in [1.54, 1.807) is 24.4 Å². The van der Waals surface area contributed by atoms with E-state index in [1.165, 1.54) is 5.56 Å². The number of halogens is 2. The molecular formula is C27H31Cl2N7O. The number of nitrogens with zero attached hydrogens (tertiary/aromatic N) is 4. The number of piperazine rings is 1. The van der Waals surface area contributed by atoms with E-state index in [9.17, 15) is 4.79 Å². The Morgan fingerprint density at radius 2 is 1.97 bits per heavy atom. The second kappa shape index (κ2) is 11.7. The first kappa shape index (κ1) is 25.9. The van der Waals surface area contributed by atoms with Crippen LogP contribution in [0.4, 0.5) is 11.5 Å². The van der Waals surface area contributed by atoms with Gasteiger partial charge in [0.25, 0.3) is 5.91 Å². The summed E-state index contributed by atoms with van der Waals surface area (Å²) in [5.74, 6) is 0.610. The minimum Gasteiger partial charge on any atom is -0.367 e. The van der Waals surface area contributed by atoms with Crippen molar-refractivity contribution in [3.63, 3.8) is 0 Å². The molecule has 1 aliphatic carbocycles. The van der Waals surface area contributed by atoms with Crippen LogP contribution < -0.4 is 16.0 Å². The third-order valence-corrected chi connectivity index (χ3v) is 7.92. The molecule has 194 valence electrons. The Kier molecular flexibility index (Phi) is 8.20. The molecule has 1 aliphatic heterocycles. The summed E-state index contributed by atoms with van der Waals surface area (Å²) in [6.07, 6.45) is 8.76. The van der Waals surface area contributed by atoms with Gasteiger partial charge in [0.05, 0.1) is 15.7 Å². The normalized spacial score (nSPS) is 18.6. The number of anilines is 2. The Morgan fingerprint density at radius 1 is 1.14 bits per heavy atom. The van der Waals surface area contributed by atoms with Crippen LogP contribution in [-0.4, -0.2) is 64.5 Å². The maximum atomic E-state index is 13.2. The Bertz CT molecular complexity index is 1250. The summed E-state index contributed by atoms with van der Waals surface area (Å²) in [4.78, 5) is 29.5. The molecule has 37 heavy (non-hydrogen) atoms. The number of aromatic nitrogens is 3. The number of amides is 1. The number of nitrogens with one attached hydrogen (secondary N) is 3. The zero-order valence-corrected chi connectivity index (χ0v) is 22.3. The number of benzene rings is 1. The van der Waals surface area contributed by atoms with E-state index >= 15 is 0 Å². The maximum Gasteiger partial charge on any atom is 0.261 e. The molecule has 5 rings (SSSR count). The smallest absolute Gasteiger partial charge is 0.261 e. The summed E-state index contributed by atoms with van der Waals surface area (Å²) in [6.45, 7) is 3.05. The molecule has 0 bridgehead atoms. The molecule has 2 aliphatic rings. The van der Waals surface area contributed by atoms with Crippen LogP contribution in [0.1, 0.15) is 41.6 Å². The molecule has 1 atom stereocenters. The van der Waals surface area contributed by atoms with Gasteiger partial charge in [0.15, 0.2) is 5.82 Å². The third-order valence-electron chi connectivity index (χ3n) is 7.10. The number of rotatable bonds is 7. The summed E-state index contributed by atoms with van der Waals surface area (Å²) in [5.41, 5.74) is 2.61. The fourth-order valence-corrected chi connectivity index (χ4v) is 5.22.